The maximum Gasteiger partial charge on any atom is 0.323 e. The van der Waals surface area contributed by atoms with E-state index >= 15 is 0 Å². The van der Waals surface area contributed by atoms with Crippen LogP contribution in [0.3, 0.4) is 0 Å². The number of nitrogens with zero attached hydrogens (tertiary/aromatic N) is 1. The zero-order valence-electron chi connectivity index (χ0n) is 10.9. The predicted molar refractivity (Wildman–Crippen MR) is 69.4 cm³/mol. The molecular weight excluding hydrogens is 232 g/mol. The van der Waals surface area contributed by atoms with Gasteiger partial charge in [-0.1, -0.05) is 11.6 Å². The third kappa shape index (κ3) is 5.21. The summed E-state index contributed by atoms with van der Waals surface area (Å²) in [6, 6.07) is -0.295. The maximum absolute atomic E-state index is 11.7. The highest BCUT2D eigenvalue weighted by atomic mass is 16.4. The first kappa shape index (κ1) is 14.5. The quantitative estimate of drug-likeness (QED) is 0.712. The smallest absolute Gasteiger partial charge is 0.323 e. The molecule has 18 heavy (non-hydrogen) atoms. The van der Waals surface area contributed by atoms with E-state index in [0.717, 1.165) is 19.3 Å². The van der Waals surface area contributed by atoms with E-state index in [9.17, 15) is 9.59 Å². The van der Waals surface area contributed by atoms with Crippen LogP contribution in [-0.4, -0.2) is 41.6 Å². The van der Waals surface area contributed by atoms with Gasteiger partial charge in [0.1, 0.15) is 6.54 Å². The zero-order chi connectivity index (χ0) is 13.4. The summed E-state index contributed by atoms with van der Waals surface area (Å²) in [6.45, 7) is 2.51. The highest BCUT2D eigenvalue weighted by molar-refractivity contribution is 5.79. The van der Waals surface area contributed by atoms with Crippen LogP contribution in [0.5, 0.6) is 0 Å². The maximum atomic E-state index is 11.7. The van der Waals surface area contributed by atoms with Crippen LogP contribution in [-0.2, 0) is 4.79 Å². The van der Waals surface area contributed by atoms with Gasteiger partial charge in [0.05, 0.1) is 0 Å². The molecule has 0 aliphatic heterocycles. The lowest BCUT2D eigenvalue weighted by Crippen LogP contribution is -2.42. The summed E-state index contributed by atoms with van der Waals surface area (Å²) in [4.78, 5) is 23.5. The summed E-state index contributed by atoms with van der Waals surface area (Å²) in [7, 11) is 0. The van der Waals surface area contributed by atoms with Crippen LogP contribution in [0.15, 0.2) is 11.6 Å². The highest BCUT2D eigenvalue weighted by Crippen LogP contribution is 2.19. The monoisotopic (exact) mass is 254 g/mol. The number of carboxylic acid groups (broad SMARTS) is 1. The molecule has 0 radical (unpaired) electrons. The predicted octanol–water partition coefficient (Wildman–Crippen LogP) is 1.99. The Morgan fingerprint density at radius 3 is 2.78 bits per heavy atom. The molecule has 0 bridgehead atoms. The molecule has 102 valence electrons. The summed E-state index contributed by atoms with van der Waals surface area (Å²) in [5, 5.41) is 11.4. The number of aliphatic carboxylic acids is 1. The molecule has 1 rings (SSSR count). The number of carboxylic acids is 1. The zero-order valence-corrected chi connectivity index (χ0v) is 10.9. The standard InChI is InChI=1S/C13H22N2O3/c1-2-15(10-12(16)17)13(18)14-9-8-11-6-4-3-5-7-11/h6H,2-5,7-10H2,1H3,(H,14,18)(H,16,17). The van der Waals surface area contributed by atoms with E-state index in [1.54, 1.807) is 6.92 Å². The molecule has 0 aromatic rings. The second kappa shape index (κ2) is 7.74. The number of hydrogen-bond acceptors (Lipinski definition) is 2. The average Bonchev–Trinajstić information content (AvgIpc) is 2.36. The fourth-order valence-corrected chi connectivity index (χ4v) is 2.06. The molecule has 0 atom stereocenters. The summed E-state index contributed by atoms with van der Waals surface area (Å²) < 4.78 is 0. The molecule has 0 aromatic heterocycles. The number of hydrogen-bond donors (Lipinski definition) is 2. The Bertz CT molecular complexity index is 326. The number of nitrogens with one attached hydrogen (secondary N) is 1. The Hall–Kier alpha value is -1.52. The van der Waals surface area contributed by atoms with Gasteiger partial charge in [0.25, 0.3) is 0 Å². The van der Waals surface area contributed by atoms with Gasteiger partial charge < -0.3 is 15.3 Å². The summed E-state index contributed by atoms with van der Waals surface area (Å²) in [6.07, 6.45) is 7.89. The van der Waals surface area contributed by atoms with Gasteiger partial charge in [-0.25, -0.2) is 4.79 Å². The first-order chi connectivity index (χ1) is 8.63. The van der Waals surface area contributed by atoms with Crippen LogP contribution in [0.1, 0.15) is 39.0 Å². The van der Waals surface area contributed by atoms with Gasteiger partial charge in [0, 0.05) is 13.1 Å². The summed E-state index contributed by atoms with van der Waals surface area (Å²) in [5.41, 5.74) is 1.41. The van der Waals surface area contributed by atoms with Crippen molar-refractivity contribution < 1.29 is 14.7 Å². The molecule has 5 nitrogen and oxygen atoms in total. The molecule has 2 amide bonds. The Kier molecular flexibility index (Phi) is 6.25. The fraction of sp³-hybridized carbons (Fsp3) is 0.692. The van der Waals surface area contributed by atoms with Crippen LogP contribution in [0.25, 0.3) is 0 Å². The first-order valence-electron chi connectivity index (χ1n) is 6.56. The van der Waals surface area contributed by atoms with Crippen molar-refractivity contribution in [2.75, 3.05) is 19.6 Å². The molecule has 0 spiro atoms. The lowest BCUT2D eigenvalue weighted by Gasteiger charge is -2.19. The summed E-state index contributed by atoms with van der Waals surface area (Å²) >= 11 is 0. The van der Waals surface area contributed by atoms with E-state index in [1.807, 2.05) is 0 Å². The molecule has 0 unspecified atom stereocenters. The third-order valence-corrected chi connectivity index (χ3v) is 3.10. The molecule has 0 aromatic carbocycles. The third-order valence-electron chi connectivity index (χ3n) is 3.10. The van der Waals surface area contributed by atoms with Crippen LogP contribution in [0.2, 0.25) is 0 Å². The van der Waals surface area contributed by atoms with Crippen molar-refractivity contribution in [3.8, 4) is 0 Å². The molecular formula is C13H22N2O3. The molecule has 0 saturated carbocycles. The van der Waals surface area contributed by atoms with Crippen LogP contribution < -0.4 is 5.32 Å². The van der Waals surface area contributed by atoms with E-state index in [1.165, 1.54) is 23.3 Å². The van der Waals surface area contributed by atoms with E-state index in [2.05, 4.69) is 11.4 Å². The van der Waals surface area contributed by atoms with E-state index in [-0.39, 0.29) is 12.6 Å². The van der Waals surface area contributed by atoms with Crippen molar-refractivity contribution in [2.24, 2.45) is 0 Å². The van der Waals surface area contributed by atoms with Crippen molar-refractivity contribution in [2.45, 2.75) is 39.0 Å². The lowest BCUT2D eigenvalue weighted by atomic mass is 9.97. The van der Waals surface area contributed by atoms with Crippen molar-refractivity contribution in [3.63, 3.8) is 0 Å². The highest BCUT2D eigenvalue weighted by Gasteiger charge is 2.14. The van der Waals surface area contributed by atoms with Crippen LogP contribution >= 0.6 is 0 Å². The van der Waals surface area contributed by atoms with E-state index in [4.69, 9.17) is 5.11 Å². The Morgan fingerprint density at radius 2 is 2.22 bits per heavy atom. The molecule has 0 saturated heterocycles. The van der Waals surface area contributed by atoms with Crippen molar-refractivity contribution in [1.29, 1.82) is 0 Å². The van der Waals surface area contributed by atoms with Crippen molar-refractivity contribution in [3.05, 3.63) is 11.6 Å². The lowest BCUT2D eigenvalue weighted by molar-refractivity contribution is -0.137. The SMILES string of the molecule is CCN(CC(=O)O)C(=O)NCCC1=CCCCC1. The number of allylic oxidation sites excluding steroid dienone is 1. The minimum absolute atomic E-state index is 0.245. The molecule has 1 aliphatic carbocycles. The van der Waals surface area contributed by atoms with Gasteiger partial charge in [-0.3, -0.25) is 4.79 Å². The Balaban J connectivity index is 2.26. The van der Waals surface area contributed by atoms with E-state index in [0.29, 0.717) is 13.1 Å². The summed E-state index contributed by atoms with van der Waals surface area (Å²) in [5.74, 6) is -0.984. The van der Waals surface area contributed by atoms with Gasteiger partial charge in [-0.15, -0.1) is 0 Å². The van der Waals surface area contributed by atoms with Crippen molar-refractivity contribution in [1.82, 2.24) is 10.2 Å². The van der Waals surface area contributed by atoms with Gasteiger partial charge in [0.15, 0.2) is 0 Å². The minimum atomic E-state index is -0.984. The van der Waals surface area contributed by atoms with Gasteiger partial charge >= 0.3 is 12.0 Å². The Labute approximate surface area is 108 Å². The molecule has 1 aliphatic rings. The van der Waals surface area contributed by atoms with Crippen LogP contribution in [0, 0.1) is 0 Å². The molecule has 0 heterocycles. The van der Waals surface area contributed by atoms with E-state index < -0.39 is 5.97 Å². The van der Waals surface area contributed by atoms with Crippen LogP contribution in [0.4, 0.5) is 4.79 Å². The van der Waals surface area contributed by atoms with Gasteiger partial charge in [0.2, 0.25) is 0 Å². The molecule has 0 fully saturated rings. The minimum Gasteiger partial charge on any atom is -0.480 e. The van der Waals surface area contributed by atoms with Crippen molar-refractivity contribution >= 4 is 12.0 Å². The number of rotatable bonds is 6. The fourth-order valence-electron chi connectivity index (χ4n) is 2.06. The number of likely N-dealkylation sites (N-methyl/N-ethyl adjacent to an activating group) is 1. The topological polar surface area (TPSA) is 69.6 Å². The largest absolute Gasteiger partial charge is 0.480 e. The number of carbonyl (C=O) groups is 2. The number of urea groups is 1. The number of amides is 2. The first-order valence-corrected chi connectivity index (χ1v) is 6.56. The average molecular weight is 254 g/mol. The Morgan fingerprint density at radius 1 is 1.44 bits per heavy atom. The normalized spacial score (nSPS) is 14.8. The second-order valence-electron chi connectivity index (χ2n) is 4.50. The molecule has 5 heteroatoms. The van der Waals surface area contributed by atoms with Gasteiger partial charge in [-0.2, -0.15) is 0 Å². The molecule has 2 N–H and O–H groups in total. The van der Waals surface area contributed by atoms with Gasteiger partial charge in [-0.05, 0) is 39.0 Å². The number of carbonyl (C=O) groups excluding carboxylic acids is 1. The second-order valence-corrected chi connectivity index (χ2v) is 4.50.